The normalized spacial score (nSPS) is 15.6. The second kappa shape index (κ2) is 8.72. The largest absolute Gasteiger partial charge is 0.496 e. The Morgan fingerprint density at radius 3 is 2.45 bits per heavy atom. The lowest BCUT2D eigenvalue weighted by molar-refractivity contribution is -0.113. The van der Waals surface area contributed by atoms with Gasteiger partial charge < -0.3 is 19.5 Å². The zero-order valence-corrected chi connectivity index (χ0v) is 19.1. The minimum atomic E-state index is -0.222. The summed E-state index contributed by atoms with van der Waals surface area (Å²) in [5.74, 6) is 2.56. The number of halogens is 1. The number of carbonyl (C=O) groups is 1. The predicted octanol–water partition coefficient (Wildman–Crippen LogP) is 4.63. The van der Waals surface area contributed by atoms with Crippen molar-refractivity contribution in [2.24, 2.45) is 0 Å². The highest BCUT2D eigenvalue weighted by Crippen LogP contribution is 2.49. The molecule has 9 heteroatoms. The third-order valence-electron chi connectivity index (χ3n) is 5.11. The van der Waals surface area contributed by atoms with Crippen molar-refractivity contribution in [2.45, 2.75) is 12.2 Å². The molecule has 3 aromatic rings. The summed E-state index contributed by atoms with van der Waals surface area (Å²) in [6, 6.07) is 11.1. The van der Waals surface area contributed by atoms with Crippen LogP contribution < -0.4 is 19.5 Å². The molecule has 0 spiro atoms. The molecule has 1 aliphatic heterocycles. The lowest BCUT2D eigenvalue weighted by Gasteiger charge is -2.20. The molecule has 0 fully saturated rings. The van der Waals surface area contributed by atoms with Crippen LogP contribution in [0.2, 0.25) is 5.02 Å². The molecular weight excluding hydrogens is 438 g/mol. The maximum Gasteiger partial charge on any atom is 0.235 e. The van der Waals surface area contributed by atoms with Gasteiger partial charge >= 0.3 is 0 Å². The molecule has 31 heavy (non-hydrogen) atoms. The molecule has 1 atom stereocenters. The number of nitrogens with one attached hydrogen (secondary N) is 1. The smallest absolute Gasteiger partial charge is 0.235 e. The standard InChI is InChI=1S/C22H22ClN3O4S/c1-12-20-21(13-9-17(29-3)18(30-4)10-16(13)28-2)31-11-19(27)24-22(20)26(25-12)15-8-6-5-7-14(15)23/h5-10,21H,11H2,1-4H3,(H,24,27)/t21-/m0/s1. The van der Waals surface area contributed by atoms with Gasteiger partial charge in [-0.15, -0.1) is 11.8 Å². The number of amides is 1. The highest BCUT2D eigenvalue weighted by Gasteiger charge is 2.33. The first-order valence-corrected chi connectivity index (χ1v) is 11.0. The molecule has 0 bridgehead atoms. The van der Waals surface area contributed by atoms with E-state index in [1.54, 1.807) is 38.1 Å². The van der Waals surface area contributed by atoms with Crippen LogP contribution >= 0.6 is 23.4 Å². The number of hydrogen-bond donors (Lipinski definition) is 1. The Bertz CT molecular complexity index is 1150. The van der Waals surface area contributed by atoms with Crippen molar-refractivity contribution in [1.82, 2.24) is 9.78 Å². The van der Waals surface area contributed by atoms with E-state index in [0.29, 0.717) is 33.8 Å². The maximum absolute atomic E-state index is 12.6. The van der Waals surface area contributed by atoms with Gasteiger partial charge in [-0.2, -0.15) is 5.10 Å². The van der Waals surface area contributed by atoms with Gasteiger partial charge in [0.1, 0.15) is 11.6 Å². The topological polar surface area (TPSA) is 74.6 Å². The summed E-state index contributed by atoms with van der Waals surface area (Å²) in [4.78, 5) is 12.6. The predicted molar refractivity (Wildman–Crippen MR) is 122 cm³/mol. The van der Waals surface area contributed by atoms with E-state index in [1.807, 2.05) is 31.2 Å². The SMILES string of the molecule is COc1cc(OC)c([C@@H]2SCC(=O)Nc3c2c(C)nn3-c2ccccc2Cl)cc1OC. The molecule has 1 N–H and O–H groups in total. The number of rotatable bonds is 5. The van der Waals surface area contributed by atoms with Crippen LogP contribution in [0.5, 0.6) is 17.2 Å². The fraction of sp³-hybridized carbons (Fsp3) is 0.273. The lowest BCUT2D eigenvalue weighted by atomic mass is 10.0. The van der Waals surface area contributed by atoms with E-state index in [9.17, 15) is 4.79 Å². The number of anilines is 1. The fourth-order valence-electron chi connectivity index (χ4n) is 3.68. The minimum Gasteiger partial charge on any atom is -0.496 e. The summed E-state index contributed by atoms with van der Waals surface area (Å²) >= 11 is 7.93. The van der Waals surface area contributed by atoms with Gasteiger partial charge in [-0.25, -0.2) is 4.68 Å². The van der Waals surface area contributed by atoms with Crippen molar-refractivity contribution in [3.05, 3.63) is 58.2 Å². The van der Waals surface area contributed by atoms with Gasteiger partial charge in [0.25, 0.3) is 0 Å². The first-order valence-electron chi connectivity index (χ1n) is 9.54. The fourth-order valence-corrected chi connectivity index (χ4v) is 5.10. The minimum absolute atomic E-state index is 0.110. The van der Waals surface area contributed by atoms with E-state index in [4.69, 9.17) is 30.9 Å². The molecular formula is C22H22ClN3O4S. The Balaban J connectivity index is 1.94. The van der Waals surface area contributed by atoms with Gasteiger partial charge in [-0.3, -0.25) is 4.79 Å². The number of methoxy groups -OCH3 is 3. The van der Waals surface area contributed by atoms with Crippen molar-refractivity contribution >= 4 is 35.1 Å². The Morgan fingerprint density at radius 2 is 1.77 bits per heavy atom. The number of para-hydroxylation sites is 1. The summed E-state index contributed by atoms with van der Waals surface area (Å²) < 4.78 is 18.3. The van der Waals surface area contributed by atoms with Gasteiger partial charge in [0.05, 0.1) is 48.7 Å². The number of benzene rings is 2. The van der Waals surface area contributed by atoms with Gasteiger partial charge in [0.15, 0.2) is 11.5 Å². The quantitative estimate of drug-likeness (QED) is 0.599. The number of fused-ring (bicyclic) bond motifs is 1. The van der Waals surface area contributed by atoms with Crippen LogP contribution in [0.25, 0.3) is 5.69 Å². The number of hydrogen-bond acceptors (Lipinski definition) is 6. The zero-order chi connectivity index (χ0) is 22.1. The average molecular weight is 460 g/mol. The number of nitrogens with zero attached hydrogens (tertiary/aromatic N) is 2. The van der Waals surface area contributed by atoms with Crippen molar-refractivity contribution in [1.29, 1.82) is 0 Å². The van der Waals surface area contributed by atoms with E-state index in [0.717, 1.165) is 16.8 Å². The van der Waals surface area contributed by atoms with Gasteiger partial charge in [-0.05, 0) is 25.1 Å². The van der Waals surface area contributed by atoms with Crippen molar-refractivity contribution in [3.8, 4) is 22.9 Å². The molecule has 2 aromatic carbocycles. The number of thioether (sulfide) groups is 1. The number of aryl methyl sites for hydroxylation is 1. The van der Waals surface area contributed by atoms with Crippen molar-refractivity contribution < 1.29 is 19.0 Å². The number of carbonyl (C=O) groups excluding carboxylic acids is 1. The average Bonchev–Trinajstić information content (AvgIpc) is 2.98. The van der Waals surface area contributed by atoms with Crippen LogP contribution in [0, 0.1) is 6.92 Å². The molecule has 0 radical (unpaired) electrons. The summed E-state index contributed by atoms with van der Waals surface area (Å²) in [5, 5.41) is 8.04. The van der Waals surface area contributed by atoms with Crippen LogP contribution in [-0.4, -0.2) is 42.8 Å². The molecule has 0 saturated heterocycles. The van der Waals surface area contributed by atoms with Crippen LogP contribution in [0.15, 0.2) is 36.4 Å². The second-order valence-corrected chi connectivity index (χ2v) is 8.40. The Kier molecular flexibility index (Phi) is 6.02. The summed E-state index contributed by atoms with van der Waals surface area (Å²) in [5.41, 5.74) is 3.23. The molecule has 4 rings (SSSR count). The third-order valence-corrected chi connectivity index (χ3v) is 6.68. The van der Waals surface area contributed by atoms with Crippen LogP contribution in [0.4, 0.5) is 5.82 Å². The second-order valence-electron chi connectivity index (χ2n) is 6.90. The van der Waals surface area contributed by atoms with Gasteiger partial charge in [0, 0.05) is 17.2 Å². The van der Waals surface area contributed by atoms with Gasteiger partial charge in [-0.1, -0.05) is 23.7 Å². The molecule has 1 aliphatic rings. The third kappa shape index (κ3) is 3.81. The van der Waals surface area contributed by atoms with Crippen molar-refractivity contribution in [3.63, 3.8) is 0 Å². The first kappa shape index (κ1) is 21.4. The van der Waals surface area contributed by atoms with Crippen LogP contribution in [-0.2, 0) is 4.79 Å². The van der Waals surface area contributed by atoms with E-state index >= 15 is 0 Å². The molecule has 1 aromatic heterocycles. The highest BCUT2D eigenvalue weighted by atomic mass is 35.5. The van der Waals surface area contributed by atoms with Gasteiger partial charge in [0.2, 0.25) is 5.91 Å². The van der Waals surface area contributed by atoms with E-state index in [1.165, 1.54) is 11.8 Å². The molecule has 7 nitrogen and oxygen atoms in total. The molecule has 2 heterocycles. The molecule has 162 valence electrons. The van der Waals surface area contributed by atoms with Crippen LogP contribution in [0.1, 0.15) is 22.1 Å². The monoisotopic (exact) mass is 459 g/mol. The molecule has 0 aliphatic carbocycles. The van der Waals surface area contributed by atoms with E-state index in [2.05, 4.69) is 5.32 Å². The molecule has 1 amide bonds. The zero-order valence-electron chi connectivity index (χ0n) is 17.6. The molecule has 0 unspecified atom stereocenters. The number of ether oxygens (including phenoxy) is 3. The Labute approximate surface area is 189 Å². The van der Waals surface area contributed by atoms with E-state index < -0.39 is 0 Å². The lowest BCUT2D eigenvalue weighted by Crippen LogP contribution is -2.16. The summed E-state index contributed by atoms with van der Waals surface area (Å²) in [6.45, 7) is 1.92. The maximum atomic E-state index is 12.6. The Morgan fingerprint density at radius 1 is 1.10 bits per heavy atom. The highest BCUT2D eigenvalue weighted by molar-refractivity contribution is 8.00. The summed E-state index contributed by atoms with van der Waals surface area (Å²) in [6.07, 6.45) is 0. The number of aromatic nitrogens is 2. The molecule has 0 saturated carbocycles. The Hall–Kier alpha value is -2.84. The first-order chi connectivity index (χ1) is 15.0. The van der Waals surface area contributed by atoms with Crippen molar-refractivity contribution in [2.75, 3.05) is 32.4 Å². The van der Waals surface area contributed by atoms with Crippen LogP contribution in [0.3, 0.4) is 0 Å². The van der Waals surface area contributed by atoms with E-state index in [-0.39, 0.29) is 16.9 Å². The summed E-state index contributed by atoms with van der Waals surface area (Å²) in [7, 11) is 4.78.